The van der Waals surface area contributed by atoms with Crippen LogP contribution >= 0.6 is 23.4 Å². The number of carboxylic acid groups (broad SMARTS) is 1. The molecule has 0 saturated carbocycles. The molecule has 1 saturated heterocycles. The van der Waals surface area contributed by atoms with Crippen molar-refractivity contribution in [3.05, 3.63) is 63.0 Å². The Morgan fingerprint density at radius 2 is 1.97 bits per heavy atom. The van der Waals surface area contributed by atoms with Crippen molar-refractivity contribution in [2.75, 3.05) is 7.11 Å². The third-order valence-electron chi connectivity index (χ3n) is 4.83. The number of hydrogen-bond donors (Lipinski definition) is 1. The first-order valence-electron chi connectivity index (χ1n) is 10.7. The Bertz CT molecular complexity index is 1160. The molecule has 2 aromatic rings. The molecule has 0 unspecified atom stereocenters. The van der Waals surface area contributed by atoms with E-state index in [0.717, 1.165) is 0 Å². The zero-order valence-corrected chi connectivity index (χ0v) is 21.2. The maximum absolute atomic E-state index is 13.0. The predicted octanol–water partition coefficient (Wildman–Crippen LogP) is 5.71. The highest BCUT2D eigenvalue weighted by atomic mass is 35.5. The Kier molecular flexibility index (Phi) is 8.28. The van der Waals surface area contributed by atoms with E-state index < -0.39 is 5.97 Å². The van der Waals surface area contributed by atoms with Gasteiger partial charge in [-0.1, -0.05) is 23.7 Å². The van der Waals surface area contributed by atoms with Gasteiger partial charge in [0.2, 0.25) is 0 Å². The third-order valence-corrected chi connectivity index (χ3v) is 6.11. The molecule has 7 nitrogen and oxygen atoms in total. The zero-order chi connectivity index (χ0) is 25.0. The van der Waals surface area contributed by atoms with Gasteiger partial charge in [-0.2, -0.15) is 0 Å². The number of aliphatic imine (C=N–C) groups is 1. The second-order valence-corrected chi connectivity index (χ2v) is 9.63. The number of nitrogens with zero attached hydrogens (tertiary/aromatic N) is 2. The van der Waals surface area contributed by atoms with E-state index in [2.05, 4.69) is 4.99 Å². The number of aromatic carboxylic acids is 1. The molecule has 0 bridgehead atoms. The van der Waals surface area contributed by atoms with Crippen molar-refractivity contribution in [2.45, 2.75) is 46.4 Å². The highest BCUT2D eigenvalue weighted by Gasteiger charge is 2.35. The lowest BCUT2D eigenvalue weighted by Gasteiger charge is -2.20. The highest BCUT2D eigenvalue weighted by Crippen LogP contribution is 2.39. The first kappa shape index (κ1) is 25.6. The molecule has 1 aliphatic rings. The molecule has 3 rings (SSSR count). The average Bonchev–Trinajstić information content (AvgIpc) is 3.06. The molecule has 2 aromatic carbocycles. The molecule has 1 fully saturated rings. The number of carboxylic acids is 1. The Balaban J connectivity index is 1.87. The fourth-order valence-corrected chi connectivity index (χ4v) is 4.82. The monoisotopic (exact) mass is 502 g/mol. The van der Waals surface area contributed by atoms with Crippen LogP contribution in [0.4, 0.5) is 0 Å². The lowest BCUT2D eigenvalue weighted by Crippen LogP contribution is -2.35. The van der Waals surface area contributed by atoms with Crippen LogP contribution in [0.1, 0.15) is 49.2 Å². The fourth-order valence-electron chi connectivity index (χ4n) is 3.32. The molecule has 0 spiro atoms. The van der Waals surface area contributed by atoms with E-state index in [0.29, 0.717) is 37.7 Å². The van der Waals surface area contributed by atoms with Gasteiger partial charge in [-0.05, 0) is 80.9 Å². The Morgan fingerprint density at radius 3 is 2.59 bits per heavy atom. The van der Waals surface area contributed by atoms with Gasteiger partial charge < -0.3 is 14.6 Å². The van der Waals surface area contributed by atoms with Crippen molar-refractivity contribution in [1.82, 2.24) is 4.90 Å². The molecule has 9 heteroatoms. The fraction of sp³-hybridized carbons (Fsp3) is 0.320. The van der Waals surface area contributed by atoms with Crippen LogP contribution in [0.15, 0.2) is 46.3 Å². The molecule has 0 radical (unpaired) electrons. The number of hydrogen-bond acceptors (Lipinski definition) is 6. The lowest BCUT2D eigenvalue weighted by molar-refractivity contribution is -0.123. The highest BCUT2D eigenvalue weighted by molar-refractivity contribution is 8.18. The number of carbonyl (C=O) groups is 2. The third kappa shape index (κ3) is 5.93. The quantitative estimate of drug-likeness (QED) is 0.465. The van der Waals surface area contributed by atoms with E-state index in [-0.39, 0.29) is 30.2 Å². The van der Waals surface area contributed by atoms with Crippen LogP contribution in [0.2, 0.25) is 5.02 Å². The van der Waals surface area contributed by atoms with Crippen LogP contribution in [0.25, 0.3) is 6.08 Å². The summed E-state index contributed by atoms with van der Waals surface area (Å²) in [5, 5.41) is 10.2. The topological polar surface area (TPSA) is 88.4 Å². The maximum Gasteiger partial charge on any atom is 0.335 e. The van der Waals surface area contributed by atoms with E-state index in [1.54, 1.807) is 41.3 Å². The summed E-state index contributed by atoms with van der Waals surface area (Å²) in [5.74, 6) is -0.371. The summed E-state index contributed by atoms with van der Waals surface area (Å²) in [4.78, 5) is 31.0. The molecule has 0 aliphatic carbocycles. The van der Waals surface area contributed by atoms with Crippen molar-refractivity contribution in [3.8, 4) is 11.5 Å². The van der Waals surface area contributed by atoms with Crippen molar-refractivity contribution in [1.29, 1.82) is 0 Å². The number of halogens is 1. The molecule has 180 valence electrons. The Hall–Kier alpha value is -2.97. The first-order valence-corrected chi connectivity index (χ1v) is 11.9. The number of methoxy groups -OCH3 is 1. The van der Waals surface area contributed by atoms with Crippen molar-refractivity contribution in [2.24, 2.45) is 4.99 Å². The summed E-state index contributed by atoms with van der Waals surface area (Å²) in [7, 11) is 1.50. The van der Waals surface area contributed by atoms with E-state index in [9.17, 15) is 9.59 Å². The molecule has 0 atom stereocenters. The number of benzene rings is 2. The average molecular weight is 503 g/mol. The molecule has 0 aromatic heterocycles. The minimum Gasteiger partial charge on any atom is -0.493 e. The Morgan fingerprint density at radius 1 is 1.24 bits per heavy atom. The number of carbonyl (C=O) groups excluding carboxylic acids is 1. The van der Waals surface area contributed by atoms with Crippen molar-refractivity contribution >= 4 is 46.5 Å². The van der Waals surface area contributed by atoms with Crippen LogP contribution in [-0.4, -0.2) is 46.2 Å². The molecule has 1 aliphatic heterocycles. The summed E-state index contributed by atoms with van der Waals surface area (Å²) >= 11 is 7.84. The molecule has 34 heavy (non-hydrogen) atoms. The van der Waals surface area contributed by atoms with Gasteiger partial charge in [-0.3, -0.25) is 14.7 Å². The standard InChI is InChI=1S/C25H27ClN2O5S/c1-14(2)27-25-28(15(3)4)23(29)21(34-25)12-17-10-19(26)22(20(11-17)32-5)33-13-16-7-6-8-18(9-16)24(30)31/h6-12,14-15H,13H2,1-5H3,(H,30,31)/b21-12+,27-25?. The second-order valence-electron chi connectivity index (χ2n) is 8.21. The van der Waals surface area contributed by atoms with Gasteiger partial charge in [0.05, 0.1) is 22.6 Å². The summed E-state index contributed by atoms with van der Waals surface area (Å²) < 4.78 is 11.3. The smallest absolute Gasteiger partial charge is 0.335 e. The molecule has 1 N–H and O–H groups in total. The van der Waals surface area contributed by atoms with E-state index in [1.165, 1.54) is 24.9 Å². The van der Waals surface area contributed by atoms with Crippen LogP contribution in [0.3, 0.4) is 0 Å². The van der Waals surface area contributed by atoms with Crippen LogP contribution < -0.4 is 9.47 Å². The van der Waals surface area contributed by atoms with Gasteiger partial charge in [0, 0.05) is 12.1 Å². The summed E-state index contributed by atoms with van der Waals surface area (Å²) in [6.07, 6.45) is 1.76. The molecular weight excluding hydrogens is 476 g/mol. The number of rotatable bonds is 8. The summed E-state index contributed by atoms with van der Waals surface area (Å²) in [6, 6.07) is 9.98. The minimum absolute atomic E-state index is 0.0167. The number of amidine groups is 1. The van der Waals surface area contributed by atoms with Gasteiger partial charge in [-0.15, -0.1) is 0 Å². The van der Waals surface area contributed by atoms with Gasteiger partial charge in [0.15, 0.2) is 16.7 Å². The second kappa shape index (κ2) is 11.0. The SMILES string of the molecule is COc1cc(/C=C2/SC(=NC(C)C)N(C(C)C)C2=O)cc(Cl)c1OCc1cccc(C(=O)O)c1. The lowest BCUT2D eigenvalue weighted by atomic mass is 10.1. The zero-order valence-electron chi connectivity index (χ0n) is 19.7. The Labute approximate surface area is 208 Å². The van der Waals surface area contributed by atoms with E-state index >= 15 is 0 Å². The summed E-state index contributed by atoms with van der Waals surface area (Å²) in [6.45, 7) is 7.97. The van der Waals surface area contributed by atoms with Gasteiger partial charge in [0.1, 0.15) is 6.61 Å². The summed E-state index contributed by atoms with van der Waals surface area (Å²) in [5.41, 5.74) is 1.55. The van der Waals surface area contributed by atoms with E-state index in [4.69, 9.17) is 26.2 Å². The maximum atomic E-state index is 13.0. The largest absolute Gasteiger partial charge is 0.493 e. The molecule has 1 amide bonds. The van der Waals surface area contributed by atoms with Crippen LogP contribution in [0.5, 0.6) is 11.5 Å². The van der Waals surface area contributed by atoms with Gasteiger partial charge in [0.25, 0.3) is 5.91 Å². The normalized spacial score (nSPS) is 16.2. The molecular formula is C25H27ClN2O5S. The molecule has 1 heterocycles. The van der Waals surface area contributed by atoms with Crippen molar-refractivity contribution < 1.29 is 24.2 Å². The van der Waals surface area contributed by atoms with E-state index in [1.807, 2.05) is 27.7 Å². The number of thioether (sulfide) groups is 1. The van der Waals surface area contributed by atoms with Gasteiger partial charge >= 0.3 is 5.97 Å². The minimum atomic E-state index is -1.01. The van der Waals surface area contributed by atoms with Crippen LogP contribution in [-0.2, 0) is 11.4 Å². The number of amides is 1. The predicted molar refractivity (Wildman–Crippen MR) is 136 cm³/mol. The first-order chi connectivity index (χ1) is 16.1. The van der Waals surface area contributed by atoms with Crippen molar-refractivity contribution in [3.63, 3.8) is 0 Å². The number of ether oxygens (including phenoxy) is 2. The van der Waals surface area contributed by atoms with Crippen LogP contribution in [0, 0.1) is 0 Å². The van der Waals surface area contributed by atoms with Gasteiger partial charge in [-0.25, -0.2) is 4.79 Å².